The second-order valence-electron chi connectivity index (χ2n) is 5.51. The third-order valence-corrected chi connectivity index (χ3v) is 4.28. The number of carbonyl (C=O) groups excluding carboxylic acids is 1. The predicted octanol–water partition coefficient (Wildman–Crippen LogP) is 3.55. The Morgan fingerprint density at radius 2 is 2.06 bits per heavy atom. The fourth-order valence-electron chi connectivity index (χ4n) is 3.34. The molecule has 16 heavy (non-hydrogen) atoms. The van der Waals surface area contributed by atoms with Crippen LogP contribution in [0.4, 0.5) is 0 Å². The van der Waals surface area contributed by atoms with Crippen molar-refractivity contribution in [1.29, 1.82) is 0 Å². The Morgan fingerprint density at radius 3 is 2.69 bits per heavy atom. The minimum absolute atomic E-state index is 0.101. The van der Waals surface area contributed by atoms with Gasteiger partial charge in [0.05, 0.1) is 12.5 Å². The van der Waals surface area contributed by atoms with Crippen molar-refractivity contribution in [2.24, 2.45) is 17.8 Å². The molecular weight excluding hydrogens is 200 g/mol. The van der Waals surface area contributed by atoms with Crippen molar-refractivity contribution in [2.45, 2.75) is 58.3 Å². The van der Waals surface area contributed by atoms with Crippen LogP contribution in [0.25, 0.3) is 0 Å². The lowest BCUT2D eigenvalue weighted by atomic mass is 9.89. The van der Waals surface area contributed by atoms with E-state index < -0.39 is 0 Å². The molecule has 0 saturated heterocycles. The van der Waals surface area contributed by atoms with Crippen molar-refractivity contribution in [3.05, 3.63) is 0 Å². The zero-order valence-corrected chi connectivity index (χ0v) is 10.4. The second kappa shape index (κ2) is 5.70. The first-order valence-corrected chi connectivity index (χ1v) is 6.98. The average Bonchev–Trinajstić information content (AvgIpc) is 2.90. The molecule has 2 bridgehead atoms. The van der Waals surface area contributed by atoms with Crippen LogP contribution in [0.15, 0.2) is 0 Å². The first-order valence-electron chi connectivity index (χ1n) is 6.98. The maximum atomic E-state index is 11.8. The maximum absolute atomic E-state index is 11.8. The first kappa shape index (κ1) is 11.9. The second-order valence-corrected chi connectivity index (χ2v) is 5.51. The van der Waals surface area contributed by atoms with Crippen LogP contribution in [0.1, 0.15) is 58.3 Å². The summed E-state index contributed by atoms with van der Waals surface area (Å²) in [5, 5.41) is 0. The number of carbonyl (C=O) groups is 1. The molecule has 2 aliphatic rings. The van der Waals surface area contributed by atoms with E-state index in [1.54, 1.807) is 0 Å². The van der Waals surface area contributed by atoms with Crippen LogP contribution < -0.4 is 0 Å². The first-order chi connectivity index (χ1) is 7.81. The van der Waals surface area contributed by atoms with Crippen molar-refractivity contribution in [2.75, 3.05) is 6.61 Å². The van der Waals surface area contributed by atoms with Gasteiger partial charge in [0.15, 0.2) is 0 Å². The highest BCUT2D eigenvalue weighted by atomic mass is 16.5. The third kappa shape index (κ3) is 2.78. The topological polar surface area (TPSA) is 26.3 Å². The minimum atomic E-state index is 0.101. The summed E-state index contributed by atoms with van der Waals surface area (Å²) in [6.45, 7) is 2.84. The zero-order valence-electron chi connectivity index (χ0n) is 10.4. The third-order valence-electron chi connectivity index (χ3n) is 4.28. The molecule has 2 aliphatic carbocycles. The lowest BCUT2D eigenvalue weighted by Crippen LogP contribution is -2.23. The van der Waals surface area contributed by atoms with Crippen molar-refractivity contribution in [3.8, 4) is 0 Å². The van der Waals surface area contributed by atoms with Crippen LogP contribution in [0.5, 0.6) is 0 Å². The largest absolute Gasteiger partial charge is 0.465 e. The lowest BCUT2D eigenvalue weighted by Gasteiger charge is -2.19. The van der Waals surface area contributed by atoms with Gasteiger partial charge in [-0.2, -0.15) is 0 Å². The van der Waals surface area contributed by atoms with E-state index in [2.05, 4.69) is 6.92 Å². The van der Waals surface area contributed by atoms with E-state index in [1.165, 1.54) is 38.5 Å². The van der Waals surface area contributed by atoms with Crippen molar-refractivity contribution in [1.82, 2.24) is 0 Å². The highest BCUT2D eigenvalue weighted by molar-refractivity contribution is 5.73. The van der Waals surface area contributed by atoms with E-state index in [9.17, 15) is 4.79 Å². The van der Waals surface area contributed by atoms with E-state index in [0.717, 1.165) is 18.8 Å². The van der Waals surface area contributed by atoms with Crippen LogP contribution in [-0.2, 0) is 9.53 Å². The Hall–Kier alpha value is -0.530. The quantitative estimate of drug-likeness (QED) is 0.509. The molecule has 92 valence electrons. The molecule has 0 heterocycles. The summed E-state index contributed by atoms with van der Waals surface area (Å²) in [5.74, 6) is 1.85. The smallest absolute Gasteiger partial charge is 0.309 e. The van der Waals surface area contributed by atoms with E-state index >= 15 is 0 Å². The van der Waals surface area contributed by atoms with Gasteiger partial charge in [-0.3, -0.25) is 4.79 Å². The fraction of sp³-hybridized carbons (Fsp3) is 0.929. The summed E-state index contributed by atoms with van der Waals surface area (Å²) in [7, 11) is 0. The minimum Gasteiger partial charge on any atom is -0.465 e. The van der Waals surface area contributed by atoms with E-state index in [1.807, 2.05) is 0 Å². The van der Waals surface area contributed by atoms with Gasteiger partial charge in [0, 0.05) is 0 Å². The number of hydrogen-bond donors (Lipinski definition) is 0. The Kier molecular flexibility index (Phi) is 4.25. The number of ether oxygens (including phenoxy) is 1. The van der Waals surface area contributed by atoms with Crippen molar-refractivity contribution in [3.63, 3.8) is 0 Å². The monoisotopic (exact) mass is 224 g/mol. The van der Waals surface area contributed by atoms with Gasteiger partial charge in [0.1, 0.15) is 0 Å². The van der Waals surface area contributed by atoms with Crippen LogP contribution in [0, 0.1) is 17.8 Å². The highest BCUT2D eigenvalue weighted by Gasteiger charge is 2.43. The molecule has 2 rings (SSSR count). The number of esters is 1. The van der Waals surface area contributed by atoms with E-state index in [0.29, 0.717) is 12.5 Å². The van der Waals surface area contributed by atoms with Gasteiger partial charge in [-0.15, -0.1) is 0 Å². The molecule has 0 aromatic rings. The molecule has 2 fully saturated rings. The molecule has 2 nitrogen and oxygen atoms in total. The van der Waals surface area contributed by atoms with Crippen LogP contribution in [0.2, 0.25) is 0 Å². The SMILES string of the molecule is CCCCCCOC(=O)C1CC2CCC1C2. The molecule has 3 unspecified atom stereocenters. The molecule has 0 amide bonds. The zero-order chi connectivity index (χ0) is 11.4. The van der Waals surface area contributed by atoms with Crippen LogP contribution in [-0.4, -0.2) is 12.6 Å². The Bertz CT molecular complexity index is 237. The van der Waals surface area contributed by atoms with E-state index in [4.69, 9.17) is 4.74 Å². The molecule has 2 heteroatoms. The maximum Gasteiger partial charge on any atom is 0.309 e. The molecule has 0 spiro atoms. The summed E-state index contributed by atoms with van der Waals surface area (Å²) in [5.41, 5.74) is 0. The van der Waals surface area contributed by atoms with Gasteiger partial charge in [-0.25, -0.2) is 0 Å². The van der Waals surface area contributed by atoms with Gasteiger partial charge < -0.3 is 4.74 Å². The predicted molar refractivity (Wildman–Crippen MR) is 64.0 cm³/mol. The van der Waals surface area contributed by atoms with E-state index in [-0.39, 0.29) is 11.9 Å². The van der Waals surface area contributed by atoms with Gasteiger partial charge in [-0.05, 0) is 37.5 Å². The Morgan fingerprint density at radius 1 is 1.19 bits per heavy atom. The molecule has 3 atom stereocenters. The van der Waals surface area contributed by atoms with Gasteiger partial charge in [0.2, 0.25) is 0 Å². The normalized spacial score (nSPS) is 31.9. The molecule has 0 N–H and O–H groups in total. The Labute approximate surface area is 98.7 Å². The number of rotatable bonds is 6. The Balaban J connectivity index is 1.61. The summed E-state index contributed by atoms with van der Waals surface area (Å²) in [4.78, 5) is 11.8. The fourth-order valence-corrected chi connectivity index (χ4v) is 3.34. The van der Waals surface area contributed by atoms with Gasteiger partial charge in [-0.1, -0.05) is 32.6 Å². The molecule has 0 aromatic heterocycles. The van der Waals surface area contributed by atoms with Crippen LogP contribution in [0.3, 0.4) is 0 Å². The molecular formula is C14H24O2. The summed E-state index contributed by atoms with van der Waals surface area (Å²) < 4.78 is 5.39. The molecule has 0 aliphatic heterocycles. The number of fused-ring (bicyclic) bond motifs is 2. The van der Waals surface area contributed by atoms with Crippen molar-refractivity contribution >= 4 is 5.97 Å². The molecule has 0 aromatic carbocycles. The molecule has 2 saturated carbocycles. The van der Waals surface area contributed by atoms with Gasteiger partial charge >= 0.3 is 5.97 Å². The lowest BCUT2D eigenvalue weighted by molar-refractivity contribution is -0.150. The number of hydrogen-bond acceptors (Lipinski definition) is 2. The molecule has 0 radical (unpaired) electrons. The van der Waals surface area contributed by atoms with Gasteiger partial charge in [0.25, 0.3) is 0 Å². The highest BCUT2D eigenvalue weighted by Crippen LogP contribution is 2.48. The number of unbranched alkanes of at least 4 members (excludes halogenated alkanes) is 3. The average molecular weight is 224 g/mol. The summed E-state index contributed by atoms with van der Waals surface area (Å²) in [6.07, 6.45) is 9.74. The standard InChI is InChI=1S/C14H24O2/c1-2-3-4-5-8-16-14(15)13-10-11-6-7-12(13)9-11/h11-13H,2-10H2,1H3. The van der Waals surface area contributed by atoms with Crippen molar-refractivity contribution < 1.29 is 9.53 Å². The summed E-state index contributed by atoms with van der Waals surface area (Å²) in [6, 6.07) is 0. The summed E-state index contributed by atoms with van der Waals surface area (Å²) >= 11 is 0. The van der Waals surface area contributed by atoms with Crippen LogP contribution >= 0.6 is 0 Å².